The SMILES string of the molecule is CCCCC/C=C\C/C=C\CCCCCCCCCC(CCCCCCCCC(=O)OCC(CCC(C)C)C(C)C)CCCN(C)C. The first-order valence-corrected chi connectivity index (χ1v) is 20.9. The highest BCUT2D eigenvalue weighted by Crippen LogP contribution is 2.24. The molecule has 0 spiro atoms. The lowest BCUT2D eigenvalue weighted by molar-refractivity contribution is -0.145. The van der Waals surface area contributed by atoms with Crippen LogP contribution in [0, 0.1) is 23.7 Å². The zero-order valence-electron chi connectivity index (χ0n) is 33.2. The summed E-state index contributed by atoms with van der Waals surface area (Å²) in [6.45, 7) is 13.2. The van der Waals surface area contributed by atoms with E-state index < -0.39 is 0 Å². The summed E-state index contributed by atoms with van der Waals surface area (Å²) in [5, 5.41) is 0. The zero-order valence-corrected chi connectivity index (χ0v) is 33.2. The van der Waals surface area contributed by atoms with Gasteiger partial charge in [0.1, 0.15) is 0 Å². The topological polar surface area (TPSA) is 29.5 Å². The highest BCUT2D eigenvalue weighted by molar-refractivity contribution is 5.69. The number of rotatable bonds is 35. The number of ether oxygens (including phenoxy) is 1. The third-order valence-corrected chi connectivity index (χ3v) is 10.0. The first-order chi connectivity index (χ1) is 22.8. The van der Waals surface area contributed by atoms with Gasteiger partial charge in [-0.2, -0.15) is 0 Å². The summed E-state index contributed by atoms with van der Waals surface area (Å²) in [6, 6.07) is 0. The second kappa shape index (κ2) is 34.8. The molecule has 0 radical (unpaired) electrons. The summed E-state index contributed by atoms with van der Waals surface area (Å²) in [5.74, 6) is 2.72. The average molecular weight is 660 g/mol. The molecule has 0 saturated carbocycles. The van der Waals surface area contributed by atoms with Gasteiger partial charge in [-0.15, -0.1) is 0 Å². The number of hydrogen-bond donors (Lipinski definition) is 0. The molecule has 278 valence electrons. The Morgan fingerprint density at radius 1 is 0.596 bits per heavy atom. The second-order valence-corrected chi connectivity index (χ2v) is 15.9. The molecule has 2 unspecified atom stereocenters. The molecular formula is C44H85NO2. The van der Waals surface area contributed by atoms with E-state index in [1.54, 1.807) is 0 Å². The number of allylic oxidation sites excluding steroid dienone is 4. The molecule has 0 fully saturated rings. The molecule has 47 heavy (non-hydrogen) atoms. The van der Waals surface area contributed by atoms with E-state index in [0.29, 0.717) is 30.8 Å². The Morgan fingerprint density at radius 3 is 1.64 bits per heavy atom. The Labute approximate surface area is 296 Å². The van der Waals surface area contributed by atoms with Crippen LogP contribution in [0.3, 0.4) is 0 Å². The Hall–Kier alpha value is -1.09. The third-order valence-electron chi connectivity index (χ3n) is 10.0. The number of nitrogens with zero attached hydrogens (tertiary/aromatic N) is 1. The van der Waals surface area contributed by atoms with Gasteiger partial charge >= 0.3 is 5.97 Å². The number of carbonyl (C=O) groups is 1. The summed E-state index contributed by atoms with van der Waals surface area (Å²) < 4.78 is 5.67. The van der Waals surface area contributed by atoms with Crippen molar-refractivity contribution in [3.8, 4) is 0 Å². The van der Waals surface area contributed by atoms with Gasteiger partial charge in [-0.1, -0.05) is 162 Å². The van der Waals surface area contributed by atoms with Crippen LogP contribution in [0.15, 0.2) is 24.3 Å². The van der Waals surface area contributed by atoms with Crippen molar-refractivity contribution < 1.29 is 9.53 Å². The minimum Gasteiger partial charge on any atom is -0.465 e. The van der Waals surface area contributed by atoms with Gasteiger partial charge in [-0.25, -0.2) is 0 Å². The zero-order chi connectivity index (χ0) is 34.8. The molecule has 0 N–H and O–H groups in total. The molecule has 0 aromatic heterocycles. The van der Waals surface area contributed by atoms with E-state index in [1.807, 2.05) is 0 Å². The van der Waals surface area contributed by atoms with Crippen molar-refractivity contribution in [2.24, 2.45) is 23.7 Å². The fourth-order valence-corrected chi connectivity index (χ4v) is 6.57. The highest BCUT2D eigenvalue weighted by Gasteiger charge is 2.16. The smallest absolute Gasteiger partial charge is 0.305 e. The number of unbranched alkanes of at least 4 members (excludes halogenated alkanes) is 15. The van der Waals surface area contributed by atoms with Gasteiger partial charge in [0.2, 0.25) is 0 Å². The second-order valence-electron chi connectivity index (χ2n) is 15.9. The minimum atomic E-state index is 0.0144. The van der Waals surface area contributed by atoms with Crippen LogP contribution in [-0.2, 0) is 9.53 Å². The summed E-state index contributed by atoms with van der Waals surface area (Å²) in [7, 11) is 4.41. The molecule has 0 heterocycles. The van der Waals surface area contributed by atoms with E-state index in [9.17, 15) is 4.79 Å². The van der Waals surface area contributed by atoms with Gasteiger partial charge in [0.05, 0.1) is 6.61 Å². The first kappa shape index (κ1) is 45.9. The predicted octanol–water partition coefficient (Wildman–Crippen LogP) is 13.9. The van der Waals surface area contributed by atoms with Crippen molar-refractivity contribution in [1.82, 2.24) is 4.90 Å². The quantitative estimate of drug-likeness (QED) is 0.0385. The summed E-state index contributed by atoms with van der Waals surface area (Å²) in [5.41, 5.74) is 0. The summed E-state index contributed by atoms with van der Waals surface area (Å²) in [6.07, 6.45) is 42.9. The van der Waals surface area contributed by atoms with Gasteiger partial charge in [0.15, 0.2) is 0 Å². The standard InChI is InChI=1S/C44H85NO2/c1-8-9-10-11-12-13-14-15-16-17-18-19-20-21-22-25-28-32-42(34-31-38-45(6)7)33-29-26-23-24-27-30-35-44(46)47-39-43(41(4)5)37-36-40(2)3/h12-13,15-16,40-43H,8-11,14,17-39H2,1-7H3/b13-12-,16-15-. The molecule has 0 saturated heterocycles. The van der Waals surface area contributed by atoms with Crippen molar-refractivity contribution in [3.63, 3.8) is 0 Å². The Morgan fingerprint density at radius 2 is 1.11 bits per heavy atom. The summed E-state index contributed by atoms with van der Waals surface area (Å²) in [4.78, 5) is 14.6. The summed E-state index contributed by atoms with van der Waals surface area (Å²) >= 11 is 0. The van der Waals surface area contributed by atoms with Crippen LogP contribution in [0.25, 0.3) is 0 Å². The van der Waals surface area contributed by atoms with E-state index in [1.165, 1.54) is 141 Å². The molecule has 3 heteroatoms. The van der Waals surface area contributed by atoms with Gasteiger partial charge in [0, 0.05) is 6.42 Å². The Bertz CT molecular complexity index is 710. The number of hydrogen-bond acceptors (Lipinski definition) is 3. The molecule has 2 atom stereocenters. The monoisotopic (exact) mass is 660 g/mol. The number of esters is 1. The van der Waals surface area contributed by atoms with Crippen LogP contribution in [0.5, 0.6) is 0 Å². The van der Waals surface area contributed by atoms with E-state index in [-0.39, 0.29) is 5.97 Å². The van der Waals surface area contributed by atoms with Crippen LogP contribution < -0.4 is 0 Å². The van der Waals surface area contributed by atoms with E-state index in [0.717, 1.165) is 31.6 Å². The van der Waals surface area contributed by atoms with Gasteiger partial charge < -0.3 is 9.64 Å². The molecule has 0 aliphatic heterocycles. The molecule has 0 bridgehead atoms. The van der Waals surface area contributed by atoms with Gasteiger partial charge in [-0.05, 0) is 102 Å². The lowest BCUT2D eigenvalue weighted by atomic mass is 9.89. The molecule has 0 amide bonds. The molecule has 0 rings (SSSR count). The highest BCUT2D eigenvalue weighted by atomic mass is 16.5. The average Bonchev–Trinajstić information content (AvgIpc) is 3.02. The molecule has 3 nitrogen and oxygen atoms in total. The van der Waals surface area contributed by atoms with Crippen molar-refractivity contribution in [2.45, 2.75) is 202 Å². The molecule has 0 aliphatic carbocycles. The first-order valence-electron chi connectivity index (χ1n) is 20.9. The number of carbonyl (C=O) groups excluding carboxylic acids is 1. The maximum Gasteiger partial charge on any atom is 0.305 e. The molecule has 0 aromatic rings. The van der Waals surface area contributed by atoms with Crippen LogP contribution in [-0.4, -0.2) is 38.1 Å². The molecule has 0 aliphatic rings. The Kier molecular flexibility index (Phi) is 34.0. The van der Waals surface area contributed by atoms with Crippen LogP contribution in [0.2, 0.25) is 0 Å². The minimum absolute atomic E-state index is 0.0144. The largest absolute Gasteiger partial charge is 0.465 e. The predicted molar refractivity (Wildman–Crippen MR) is 210 cm³/mol. The molecular weight excluding hydrogens is 574 g/mol. The Balaban J connectivity index is 3.91. The third kappa shape index (κ3) is 34.6. The fraction of sp³-hybridized carbons (Fsp3) is 0.886. The van der Waals surface area contributed by atoms with Crippen LogP contribution in [0.4, 0.5) is 0 Å². The lowest BCUT2D eigenvalue weighted by Crippen LogP contribution is -2.19. The van der Waals surface area contributed by atoms with E-state index in [2.05, 4.69) is 77.9 Å². The fourth-order valence-electron chi connectivity index (χ4n) is 6.57. The van der Waals surface area contributed by atoms with E-state index in [4.69, 9.17) is 4.74 Å². The van der Waals surface area contributed by atoms with Crippen LogP contribution >= 0.6 is 0 Å². The molecule has 0 aromatic carbocycles. The van der Waals surface area contributed by atoms with Crippen molar-refractivity contribution in [1.29, 1.82) is 0 Å². The van der Waals surface area contributed by atoms with Crippen molar-refractivity contribution >= 4 is 5.97 Å². The lowest BCUT2D eigenvalue weighted by Gasteiger charge is -2.21. The van der Waals surface area contributed by atoms with Crippen molar-refractivity contribution in [2.75, 3.05) is 27.2 Å². The maximum absolute atomic E-state index is 12.3. The van der Waals surface area contributed by atoms with Gasteiger partial charge in [0.25, 0.3) is 0 Å². The van der Waals surface area contributed by atoms with Crippen molar-refractivity contribution in [3.05, 3.63) is 24.3 Å². The maximum atomic E-state index is 12.3. The normalized spacial score (nSPS) is 13.6. The van der Waals surface area contributed by atoms with Gasteiger partial charge in [-0.3, -0.25) is 4.79 Å². The van der Waals surface area contributed by atoms with E-state index >= 15 is 0 Å². The van der Waals surface area contributed by atoms with Crippen LogP contribution in [0.1, 0.15) is 202 Å².